The molecule has 0 bridgehead atoms. The molecule has 0 aliphatic rings. The van der Waals surface area contributed by atoms with E-state index in [1.807, 2.05) is 53.4 Å². The number of anilines is 1. The van der Waals surface area contributed by atoms with E-state index in [1.165, 1.54) is 6.07 Å². The van der Waals surface area contributed by atoms with Crippen LogP contribution in [0.1, 0.15) is 18.8 Å². The van der Waals surface area contributed by atoms with E-state index in [0.717, 1.165) is 11.5 Å². The molecule has 0 radical (unpaired) electrons. The van der Waals surface area contributed by atoms with Gasteiger partial charge in [0.05, 0.1) is 15.3 Å². The lowest BCUT2D eigenvalue weighted by molar-refractivity contribution is 0.620. The van der Waals surface area contributed by atoms with Gasteiger partial charge in [0.1, 0.15) is 11.6 Å². The summed E-state index contributed by atoms with van der Waals surface area (Å²) in [6.45, 7) is 2.00. The monoisotopic (exact) mass is 345 g/mol. The Morgan fingerprint density at radius 1 is 1.47 bits per heavy atom. The van der Waals surface area contributed by atoms with Gasteiger partial charge in [0.25, 0.3) is 0 Å². The summed E-state index contributed by atoms with van der Waals surface area (Å²) in [6, 6.07) is 5.05. The van der Waals surface area contributed by atoms with Crippen molar-refractivity contribution in [3.63, 3.8) is 0 Å². The maximum Gasteiger partial charge on any atom is 0.138 e. The van der Waals surface area contributed by atoms with Crippen molar-refractivity contribution in [2.75, 3.05) is 5.32 Å². The molecule has 1 heterocycles. The van der Waals surface area contributed by atoms with Crippen molar-refractivity contribution >= 4 is 28.3 Å². The molecule has 1 aromatic carbocycles. The number of hydrogen-bond acceptors (Lipinski definition) is 2. The maximum atomic E-state index is 13.4. The largest absolute Gasteiger partial charge is 0.374 e. The standard InChI is InChI=1S/C12H13FIN3/c1-8(12-15-6-7-17(12)2)16-10-5-3-4-9(13)11(10)14/h3-8,16H,1-2H3. The lowest BCUT2D eigenvalue weighted by atomic mass is 10.2. The summed E-state index contributed by atoms with van der Waals surface area (Å²) in [5.41, 5.74) is 0.793. The minimum atomic E-state index is -0.206. The van der Waals surface area contributed by atoms with Gasteiger partial charge >= 0.3 is 0 Å². The van der Waals surface area contributed by atoms with Crippen molar-refractivity contribution in [2.45, 2.75) is 13.0 Å². The topological polar surface area (TPSA) is 29.9 Å². The first-order chi connectivity index (χ1) is 8.09. The second kappa shape index (κ2) is 5.03. The van der Waals surface area contributed by atoms with Gasteiger partial charge in [-0.3, -0.25) is 0 Å². The fourth-order valence-corrected chi connectivity index (χ4v) is 2.22. The Bertz CT molecular complexity index is 524. The minimum absolute atomic E-state index is 0.0327. The zero-order valence-electron chi connectivity index (χ0n) is 9.61. The minimum Gasteiger partial charge on any atom is -0.374 e. The van der Waals surface area contributed by atoms with E-state index in [0.29, 0.717) is 3.57 Å². The molecule has 0 spiro atoms. The summed E-state index contributed by atoms with van der Waals surface area (Å²) in [6.07, 6.45) is 3.65. The van der Waals surface area contributed by atoms with Gasteiger partial charge in [-0.1, -0.05) is 6.07 Å². The second-order valence-corrected chi connectivity index (χ2v) is 4.94. The van der Waals surface area contributed by atoms with E-state index in [4.69, 9.17) is 0 Å². The highest BCUT2D eigenvalue weighted by molar-refractivity contribution is 14.1. The number of nitrogens with zero attached hydrogens (tertiary/aromatic N) is 2. The molecule has 0 saturated heterocycles. The van der Waals surface area contributed by atoms with Crippen molar-refractivity contribution in [1.82, 2.24) is 9.55 Å². The molecule has 2 rings (SSSR count). The van der Waals surface area contributed by atoms with E-state index in [2.05, 4.69) is 10.3 Å². The molecule has 0 aliphatic carbocycles. The number of benzene rings is 1. The lowest BCUT2D eigenvalue weighted by Gasteiger charge is -2.16. The molecule has 0 amide bonds. The molecule has 5 heteroatoms. The first-order valence-electron chi connectivity index (χ1n) is 5.27. The van der Waals surface area contributed by atoms with Crippen LogP contribution in [0.3, 0.4) is 0 Å². The van der Waals surface area contributed by atoms with Crippen LogP contribution in [-0.4, -0.2) is 9.55 Å². The summed E-state index contributed by atoms with van der Waals surface area (Å²) in [4.78, 5) is 4.27. The molecule has 1 unspecified atom stereocenters. The number of halogens is 2. The molecule has 3 nitrogen and oxygen atoms in total. The summed E-state index contributed by atoms with van der Waals surface area (Å²) < 4.78 is 15.9. The van der Waals surface area contributed by atoms with Crippen LogP contribution >= 0.6 is 22.6 Å². The van der Waals surface area contributed by atoms with E-state index in [-0.39, 0.29) is 11.9 Å². The third-order valence-corrected chi connectivity index (χ3v) is 3.67. The Hall–Kier alpha value is -1.11. The molecule has 0 saturated carbocycles. The SMILES string of the molecule is CC(Nc1cccc(F)c1I)c1nccn1C. The summed E-state index contributed by atoms with van der Waals surface area (Å²) in [7, 11) is 1.94. The van der Waals surface area contributed by atoms with Crippen LogP contribution in [0.2, 0.25) is 0 Å². The zero-order chi connectivity index (χ0) is 12.4. The van der Waals surface area contributed by atoms with Gasteiger partial charge in [-0.15, -0.1) is 0 Å². The van der Waals surface area contributed by atoms with Crippen LogP contribution in [0.25, 0.3) is 0 Å². The Morgan fingerprint density at radius 2 is 2.24 bits per heavy atom. The molecule has 1 aromatic heterocycles. The quantitative estimate of drug-likeness (QED) is 0.865. The summed E-state index contributed by atoms with van der Waals surface area (Å²) in [5.74, 6) is 0.715. The summed E-state index contributed by atoms with van der Waals surface area (Å²) in [5, 5.41) is 3.26. The van der Waals surface area contributed by atoms with E-state index < -0.39 is 0 Å². The van der Waals surface area contributed by atoms with Crippen molar-refractivity contribution in [3.05, 3.63) is 45.8 Å². The predicted molar refractivity (Wildman–Crippen MR) is 74.4 cm³/mol. The van der Waals surface area contributed by atoms with E-state index >= 15 is 0 Å². The highest BCUT2D eigenvalue weighted by atomic mass is 127. The molecule has 2 aromatic rings. The van der Waals surface area contributed by atoms with Gasteiger partial charge < -0.3 is 9.88 Å². The van der Waals surface area contributed by atoms with Crippen LogP contribution in [0, 0.1) is 9.39 Å². The highest BCUT2D eigenvalue weighted by Gasteiger charge is 2.12. The summed E-state index contributed by atoms with van der Waals surface area (Å²) >= 11 is 2.00. The number of aromatic nitrogens is 2. The average Bonchev–Trinajstić information content (AvgIpc) is 2.71. The van der Waals surface area contributed by atoms with Crippen LogP contribution in [-0.2, 0) is 7.05 Å². The molecule has 17 heavy (non-hydrogen) atoms. The van der Waals surface area contributed by atoms with Crippen LogP contribution in [0.4, 0.5) is 10.1 Å². The maximum absolute atomic E-state index is 13.4. The Balaban J connectivity index is 2.22. The van der Waals surface area contributed by atoms with Crippen LogP contribution < -0.4 is 5.32 Å². The molecular weight excluding hydrogens is 332 g/mol. The van der Waals surface area contributed by atoms with Gasteiger partial charge in [-0.05, 0) is 41.6 Å². The Labute approximate surface area is 113 Å². The predicted octanol–water partition coefficient (Wildman–Crippen LogP) is 3.34. The molecule has 90 valence electrons. The van der Waals surface area contributed by atoms with Crippen molar-refractivity contribution in [2.24, 2.45) is 7.05 Å². The molecular formula is C12H13FIN3. The third-order valence-electron chi connectivity index (χ3n) is 2.57. The Morgan fingerprint density at radius 3 is 2.88 bits per heavy atom. The highest BCUT2D eigenvalue weighted by Crippen LogP contribution is 2.24. The van der Waals surface area contributed by atoms with Gasteiger partial charge in [0.2, 0.25) is 0 Å². The van der Waals surface area contributed by atoms with Gasteiger partial charge in [0.15, 0.2) is 0 Å². The molecule has 1 atom stereocenters. The number of hydrogen-bond donors (Lipinski definition) is 1. The first-order valence-corrected chi connectivity index (χ1v) is 6.35. The van der Waals surface area contributed by atoms with Crippen LogP contribution in [0.5, 0.6) is 0 Å². The number of aryl methyl sites for hydroxylation is 1. The van der Waals surface area contributed by atoms with E-state index in [9.17, 15) is 4.39 Å². The second-order valence-electron chi connectivity index (χ2n) is 3.86. The fourth-order valence-electron chi connectivity index (χ4n) is 1.71. The lowest BCUT2D eigenvalue weighted by Crippen LogP contribution is -2.12. The fraction of sp³-hybridized carbons (Fsp3) is 0.250. The normalized spacial score (nSPS) is 12.5. The number of nitrogens with one attached hydrogen (secondary N) is 1. The molecule has 1 N–H and O–H groups in total. The van der Waals surface area contributed by atoms with Crippen molar-refractivity contribution < 1.29 is 4.39 Å². The van der Waals surface area contributed by atoms with Gasteiger partial charge in [-0.25, -0.2) is 9.37 Å². The zero-order valence-corrected chi connectivity index (χ0v) is 11.8. The van der Waals surface area contributed by atoms with Crippen molar-refractivity contribution in [3.8, 4) is 0 Å². The van der Waals surface area contributed by atoms with Crippen molar-refractivity contribution in [1.29, 1.82) is 0 Å². The smallest absolute Gasteiger partial charge is 0.138 e. The Kier molecular flexibility index (Phi) is 3.66. The van der Waals surface area contributed by atoms with E-state index in [1.54, 1.807) is 12.3 Å². The average molecular weight is 345 g/mol. The van der Waals surface area contributed by atoms with Gasteiger partial charge in [0, 0.05) is 19.4 Å². The first kappa shape index (κ1) is 12.3. The third kappa shape index (κ3) is 2.59. The van der Waals surface area contributed by atoms with Gasteiger partial charge in [-0.2, -0.15) is 0 Å². The molecule has 0 fully saturated rings. The van der Waals surface area contributed by atoms with Crippen LogP contribution in [0.15, 0.2) is 30.6 Å². The number of imidazole rings is 1. The molecule has 0 aliphatic heterocycles. The number of rotatable bonds is 3.